The third kappa shape index (κ3) is 2.59. The van der Waals surface area contributed by atoms with Gasteiger partial charge in [0.25, 0.3) is 0 Å². The van der Waals surface area contributed by atoms with E-state index in [2.05, 4.69) is 30.5 Å². The van der Waals surface area contributed by atoms with Gasteiger partial charge in [-0.25, -0.2) is 15.0 Å². The predicted octanol–water partition coefficient (Wildman–Crippen LogP) is 1.22. The summed E-state index contributed by atoms with van der Waals surface area (Å²) in [6, 6.07) is -0.284. The summed E-state index contributed by atoms with van der Waals surface area (Å²) in [6.07, 6.45) is 4.30. The van der Waals surface area contributed by atoms with Crippen molar-refractivity contribution in [3.05, 3.63) is 0 Å². The highest BCUT2D eigenvalue weighted by Gasteiger charge is 2.43. The van der Waals surface area contributed by atoms with Crippen LogP contribution < -0.4 is 5.43 Å². The van der Waals surface area contributed by atoms with Gasteiger partial charge in [-0.1, -0.05) is 0 Å². The normalized spacial score (nSPS) is 29.0. The molecule has 3 heterocycles. The van der Waals surface area contributed by atoms with Crippen LogP contribution in [0.25, 0.3) is 0 Å². The van der Waals surface area contributed by atoms with Crippen molar-refractivity contribution in [1.82, 2.24) is 10.5 Å². The molecule has 0 aromatic heterocycles. The second kappa shape index (κ2) is 5.06. The predicted molar refractivity (Wildman–Crippen MR) is 87.2 cm³/mol. The van der Waals surface area contributed by atoms with E-state index in [1.165, 1.54) is 17.7 Å². The Labute approximate surface area is 129 Å². The fraction of sp³-hybridized carbons (Fsp3) is 0.643. The van der Waals surface area contributed by atoms with E-state index < -0.39 is 0 Å². The number of hydrazone groups is 1. The second-order valence-corrected chi connectivity index (χ2v) is 6.99. The highest BCUT2D eigenvalue weighted by atomic mass is 16.5. The highest BCUT2D eigenvalue weighted by molar-refractivity contribution is 6.19. The van der Waals surface area contributed by atoms with E-state index in [0.29, 0.717) is 24.5 Å². The molecule has 0 radical (unpaired) electrons. The van der Waals surface area contributed by atoms with Crippen LogP contribution in [0.3, 0.4) is 0 Å². The summed E-state index contributed by atoms with van der Waals surface area (Å²) in [5.74, 6) is 1.25. The number of nitrogens with zero attached hydrogens (tertiary/aromatic N) is 6. The van der Waals surface area contributed by atoms with Gasteiger partial charge in [-0.3, -0.25) is 10.4 Å². The fourth-order valence-electron chi connectivity index (χ4n) is 3.15. The Morgan fingerprint density at radius 1 is 1.18 bits per heavy atom. The molecule has 0 aromatic rings. The molecule has 0 amide bonds. The SMILES string of the molecule is CC1(C)CC(=NNC2=NC=NC3=NC=NC32)CC(C)(C)N1O. The highest BCUT2D eigenvalue weighted by Crippen LogP contribution is 2.34. The number of hydrogen-bond acceptors (Lipinski definition) is 8. The number of piperidine rings is 1. The molecule has 3 aliphatic heterocycles. The van der Waals surface area contributed by atoms with Crippen LogP contribution in [-0.2, 0) is 0 Å². The average molecular weight is 303 g/mol. The first-order chi connectivity index (χ1) is 10.3. The van der Waals surface area contributed by atoms with Crippen LogP contribution in [0.4, 0.5) is 0 Å². The van der Waals surface area contributed by atoms with Crippen LogP contribution >= 0.6 is 0 Å². The van der Waals surface area contributed by atoms with Crippen molar-refractivity contribution in [2.24, 2.45) is 25.1 Å². The van der Waals surface area contributed by atoms with E-state index in [1.54, 1.807) is 0 Å². The molecule has 0 spiro atoms. The van der Waals surface area contributed by atoms with E-state index in [1.807, 2.05) is 27.7 Å². The van der Waals surface area contributed by atoms with Crippen molar-refractivity contribution in [1.29, 1.82) is 0 Å². The Balaban J connectivity index is 1.76. The minimum Gasteiger partial charge on any atom is -0.313 e. The van der Waals surface area contributed by atoms with Crippen LogP contribution in [0, 0.1) is 0 Å². The first-order valence-electron chi connectivity index (χ1n) is 7.30. The Hall–Kier alpha value is -1.93. The number of amidine groups is 2. The molecule has 1 atom stereocenters. The van der Waals surface area contributed by atoms with Gasteiger partial charge in [-0.05, 0) is 27.7 Å². The number of rotatable bonds is 1. The van der Waals surface area contributed by atoms with Gasteiger partial charge in [0.1, 0.15) is 12.7 Å². The fourth-order valence-corrected chi connectivity index (χ4v) is 3.15. The van der Waals surface area contributed by atoms with E-state index >= 15 is 0 Å². The smallest absolute Gasteiger partial charge is 0.170 e. The summed E-state index contributed by atoms with van der Waals surface area (Å²) in [5.41, 5.74) is 3.27. The lowest BCUT2D eigenvalue weighted by Crippen LogP contribution is -2.59. The molecule has 118 valence electrons. The molecule has 8 nitrogen and oxygen atoms in total. The van der Waals surface area contributed by atoms with Crippen molar-refractivity contribution in [3.63, 3.8) is 0 Å². The molecule has 3 aliphatic rings. The summed E-state index contributed by atoms with van der Waals surface area (Å²) in [5, 5.41) is 16.2. The molecule has 2 N–H and O–H groups in total. The lowest BCUT2D eigenvalue weighted by Gasteiger charge is -2.48. The number of hydroxylamine groups is 2. The lowest BCUT2D eigenvalue weighted by atomic mass is 9.81. The maximum absolute atomic E-state index is 10.3. The van der Waals surface area contributed by atoms with Crippen molar-refractivity contribution in [2.45, 2.75) is 57.7 Å². The summed E-state index contributed by atoms with van der Waals surface area (Å²) >= 11 is 0. The van der Waals surface area contributed by atoms with E-state index in [-0.39, 0.29) is 17.1 Å². The Morgan fingerprint density at radius 3 is 2.55 bits per heavy atom. The lowest BCUT2D eigenvalue weighted by molar-refractivity contribution is -0.226. The van der Waals surface area contributed by atoms with Crippen LogP contribution in [0.15, 0.2) is 25.1 Å². The zero-order valence-corrected chi connectivity index (χ0v) is 13.3. The first kappa shape index (κ1) is 15.0. The molecule has 1 fully saturated rings. The van der Waals surface area contributed by atoms with Gasteiger partial charge in [0.15, 0.2) is 17.7 Å². The van der Waals surface area contributed by atoms with E-state index in [9.17, 15) is 5.21 Å². The van der Waals surface area contributed by atoms with Gasteiger partial charge in [-0.2, -0.15) is 10.2 Å². The third-order valence-electron chi connectivity index (χ3n) is 4.04. The summed E-state index contributed by atoms with van der Waals surface area (Å²) < 4.78 is 0. The van der Waals surface area contributed by atoms with Crippen LogP contribution in [0.2, 0.25) is 0 Å². The van der Waals surface area contributed by atoms with Gasteiger partial charge < -0.3 is 5.21 Å². The minimum absolute atomic E-state index is 0.284. The Morgan fingerprint density at radius 2 is 1.86 bits per heavy atom. The van der Waals surface area contributed by atoms with Gasteiger partial charge >= 0.3 is 0 Å². The number of aliphatic imine (C=N–C) groups is 4. The van der Waals surface area contributed by atoms with Crippen LogP contribution in [0.1, 0.15) is 40.5 Å². The van der Waals surface area contributed by atoms with Crippen LogP contribution in [-0.4, -0.2) is 57.5 Å². The van der Waals surface area contributed by atoms with E-state index in [4.69, 9.17) is 0 Å². The number of hydrogen-bond donors (Lipinski definition) is 2. The molecule has 1 saturated heterocycles. The molecule has 22 heavy (non-hydrogen) atoms. The molecule has 0 bridgehead atoms. The average Bonchev–Trinajstić information content (AvgIpc) is 2.90. The topological polar surface area (TPSA) is 97.3 Å². The molecular weight excluding hydrogens is 282 g/mol. The molecule has 3 rings (SSSR count). The molecule has 0 aliphatic carbocycles. The molecule has 8 heteroatoms. The van der Waals surface area contributed by atoms with Crippen molar-refractivity contribution < 1.29 is 5.21 Å². The van der Waals surface area contributed by atoms with Gasteiger partial charge in [-0.15, -0.1) is 0 Å². The molecule has 1 unspecified atom stereocenters. The minimum atomic E-state index is -0.365. The monoisotopic (exact) mass is 303 g/mol. The van der Waals surface area contributed by atoms with Crippen molar-refractivity contribution in [2.75, 3.05) is 0 Å². The number of fused-ring (bicyclic) bond motifs is 1. The maximum atomic E-state index is 10.3. The zero-order valence-electron chi connectivity index (χ0n) is 13.3. The van der Waals surface area contributed by atoms with E-state index in [0.717, 1.165) is 5.71 Å². The largest absolute Gasteiger partial charge is 0.313 e. The molecule has 0 saturated carbocycles. The third-order valence-corrected chi connectivity index (χ3v) is 4.04. The Kier molecular flexibility index (Phi) is 3.45. The summed E-state index contributed by atoms with van der Waals surface area (Å²) in [6.45, 7) is 8.00. The van der Waals surface area contributed by atoms with Crippen molar-refractivity contribution >= 4 is 30.1 Å². The number of nitrogens with one attached hydrogen (secondary N) is 1. The Bertz CT molecular complexity index is 607. The quantitative estimate of drug-likeness (QED) is 0.713. The standard InChI is InChI=1S/C14H21N7O/c1-13(2)5-9(6-14(3,4)21(13)22)19-20-12-10-11(16-7-15-10)17-8-18-12/h7-8,10,22H,5-6H2,1-4H3,(H,15,16,17,18,20). The van der Waals surface area contributed by atoms with Crippen molar-refractivity contribution in [3.8, 4) is 0 Å². The summed E-state index contributed by atoms with van der Waals surface area (Å²) in [4.78, 5) is 16.6. The van der Waals surface area contributed by atoms with Gasteiger partial charge in [0, 0.05) is 29.6 Å². The van der Waals surface area contributed by atoms with Gasteiger partial charge in [0.2, 0.25) is 0 Å². The summed E-state index contributed by atoms with van der Waals surface area (Å²) in [7, 11) is 0. The molecule has 0 aromatic carbocycles. The molecular formula is C14H21N7O. The van der Waals surface area contributed by atoms with Gasteiger partial charge in [0.05, 0.1) is 0 Å². The zero-order chi connectivity index (χ0) is 16.0. The first-order valence-corrected chi connectivity index (χ1v) is 7.30. The maximum Gasteiger partial charge on any atom is 0.170 e. The second-order valence-electron chi connectivity index (χ2n) is 6.99. The van der Waals surface area contributed by atoms with Crippen LogP contribution in [0.5, 0.6) is 0 Å².